The minimum absolute atomic E-state index is 0.0266. The Morgan fingerprint density at radius 2 is 2.00 bits per heavy atom. The molecule has 1 atom stereocenters. The van der Waals surface area contributed by atoms with Crippen molar-refractivity contribution in [1.29, 1.82) is 0 Å². The second-order valence-corrected chi connectivity index (χ2v) is 9.23. The predicted molar refractivity (Wildman–Crippen MR) is 129 cm³/mol. The van der Waals surface area contributed by atoms with Crippen LogP contribution in [0.3, 0.4) is 0 Å². The second kappa shape index (κ2) is 8.75. The molecule has 0 radical (unpaired) electrons. The Hall–Kier alpha value is -4.61. The van der Waals surface area contributed by atoms with Crippen molar-refractivity contribution in [2.24, 2.45) is 7.05 Å². The molecule has 6 rings (SSSR count). The van der Waals surface area contributed by atoms with Gasteiger partial charge in [-0.05, 0) is 60.4 Å². The summed E-state index contributed by atoms with van der Waals surface area (Å²) in [6.45, 7) is 0. The standard InChI is InChI=1S/C26H20F3N5O4/c1-34-12-17(11-30-34)15-6-16(8-18(7-15)37-26(27,28)29)25-32-24(33-38-25)14-3-5-21-20(9-14)19-4-2-13(10-22(35)36)23(19)31-21/h3,5-9,11-13,31H,2,4,10H2,1H3,(H,35,36). The van der Waals surface area contributed by atoms with E-state index in [0.29, 0.717) is 16.7 Å². The highest BCUT2D eigenvalue weighted by molar-refractivity contribution is 5.89. The number of carboxylic acids is 1. The van der Waals surface area contributed by atoms with Gasteiger partial charge in [0.15, 0.2) is 0 Å². The van der Waals surface area contributed by atoms with Gasteiger partial charge in [0.2, 0.25) is 5.82 Å². The molecule has 0 aliphatic heterocycles. The number of H-pyrrole nitrogens is 1. The molecule has 1 aliphatic rings. The molecule has 0 bridgehead atoms. The van der Waals surface area contributed by atoms with E-state index in [-0.39, 0.29) is 29.6 Å². The van der Waals surface area contributed by atoms with Crippen molar-refractivity contribution < 1.29 is 32.3 Å². The van der Waals surface area contributed by atoms with Gasteiger partial charge in [0.1, 0.15) is 5.75 Å². The Labute approximate surface area is 212 Å². The highest BCUT2D eigenvalue weighted by Gasteiger charge is 2.32. The number of alkyl halides is 3. The second-order valence-electron chi connectivity index (χ2n) is 9.23. The molecule has 1 unspecified atom stereocenters. The number of rotatable bonds is 6. The number of aromatic nitrogens is 5. The molecule has 0 fully saturated rings. The van der Waals surface area contributed by atoms with E-state index in [0.717, 1.165) is 35.0 Å². The van der Waals surface area contributed by atoms with Crippen LogP contribution in [0.15, 0.2) is 53.3 Å². The summed E-state index contributed by atoms with van der Waals surface area (Å²) in [5.74, 6) is -1.03. The van der Waals surface area contributed by atoms with Crippen LogP contribution < -0.4 is 4.74 Å². The van der Waals surface area contributed by atoms with Gasteiger partial charge in [-0.1, -0.05) is 5.16 Å². The molecule has 12 heteroatoms. The predicted octanol–water partition coefficient (Wildman–Crippen LogP) is 5.69. The van der Waals surface area contributed by atoms with Crippen LogP contribution in [0.25, 0.3) is 44.9 Å². The summed E-state index contributed by atoms with van der Waals surface area (Å²) >= 11 is 0. The zero-order valence-corrected chi connectivity index (χ0v) is 19.9. The minimum atomic E-state index is -4.87. The molecule has 0 saturated carbocycles. The number of aliphatic carboxylic acids is 1. The van der Waals surface area contributed by atoms with Crippen LogP contribution in [-0.4, -0.2) is 42.3 Å². The van der Waals surface area contributed by atoms with Crippen LogP contribution in [-0.2, 0) is 18.3 Å². The van der Waals surface area contributed by atoms with Gasteiger partial charge in [0.05, 0.1) is 12.6 Å². The molecule has 0 spiro atoms. The van der Waals surface area contributed by atoms with E-state index in [9.17, 15) is 23.1 Å². The Bertz CT molecular complexity index is 1680. The van der Waals surface area contributed by atoms with Gasteiger partial charge in [-0.25, -0.2) is 0 Å². The first-order valence-electron chi connectivity index (χ1n) is 11.7. The molecule has 38 heavy (non-hydrogen) atoms. The fraction of sp³-hybridized carbons (Fsp3) is 0.231. The van der Waals surface area contributed by atoms with Gasteiger partial charge in [0.25, 0.3) is 5.89 Å². The maximum Gasteiger partial charge on any atom is 0.573 e. The first-order chi connectivity index (χ1) is 18.1. The maximum atomic E-state index is 13.0. The third-order valence-electron chi connectivity index (χ3n) is 6.62. The number of benzene rings is 2. The first-order valence-corrected chi connectivity index (χ1v) is 11.7. The van der Waals surface area contributed by atoms with E-state index in [1.807, 2.05) is 12.1 Å². The zero-order chi connectivity index (χ0) is 26.6. The van der Waals surface area contributed by atoms with Crippen molar-refractivity contribution in [3.8, 4) is 39.7 Å². The summed E-state index contributed by atoms with van der Waals surface area (Å²) in [7, 11) is 1.70. The number of nitrogens with zero attached hydrogens (tertiary/aromatic N) is 4. The molecule has 9 nitrogen and oxygen atoms in total. The van der Waals surface area contributed by atoms with Crippen LogP contribution in [0.4, 0.5) is 13.2 Å². The number of carbonyl (C=O) groups is 1. The van der Waals surface area contributed by atoms with Crippen molar-refractivity contribution >= 4 is 16.9 Å². The number of halogens is 3. The van der Waals surface area contributed by atoms with Gasteiger partial charge >= 0.3 is 12.3 Å². The lowest BCUT2D eigenvalue weighted by atomic mass is 10.0. The van der Waals surface area contributed by atoms with Crippen LogP contribution >= 0.6 is 0 Å². The number of hydrogen-bond acceptors (Lipinski definition) is 6. The monoisotopic (exact) mass is 523 g/mol. The summed E-state index contributed by atoms with van der Waals surface area (Å²) in [6.07, 6.45) is -0.0882. The Kier molecular flexibility index (Phi) is 5.47. The van der Waals surface area contributed by atoms with E-state index in [1.165, 1.54) is 23.0 Å². The van der Waals surface area contributed by atoms with Crippen molar-refractivity contribution in [3.63, 3.8) is 0 Å². The Morgan fingerprint density at radius 1 is 1.18 bits per heavy atom. The largest absolute Gasteiger partial charge is 0.573 e. The SMILES string of the molecule is Cn1cc(-c2cc(OC(F)(F)F)cc(-c3nc(-c4ccc5[nH]c6c(c5c4)CCC6CC(=O)O)no3)c2)cn1. The number of carboxylic acid groups (broad SMARTS) is 1. The van der Waals surface area contributed by atoms with Crippen LogP contribution in [0.5, 0.6) is 5.75 Å². The number of aromatic amines is 1. The molecule has 2 N–H and O–H groups in total. The number of aryl methyl sites for hydroxylation is 2. The van der Waals surface area contributed by atoms with E-state index >= 15 is 0 Å². The van der Waals surface area contributed by atoms with Crippen LogP contribution in [0, 0.1) is 0 Å². The molecule has 0 amide bonds. The number of ether oxygens (including phenoxy) is 1. The fourth-order valence-corrected chi connectivity index (χ4v) is 5.01. The Morgan fingerprint density at radius 3 is 2.74 bits per heavy atom. The number of hydrogen-bond donors (Lipinski definition) is 2. The van der Waals surface area contributed by atoms with Crippen LogP contribution in [0.2, 0.25) is 0 Å². The zero-order valence-electron chi connectivity index (χ0n) is 19.9. The lowest BCUT2D eigenvalue weighted by Crippen LogP contribution is -2.17. The first kappa shape index (κ1) is 23.8. The third kappa shape index (κ3) is 4.49. The summed E-state index contributed by atoms with van der Waals surface area (Å²) in [6, 6.07) is 9.67. The van der Waals surface area contributed by atoms with Gasteiger partial charge in [0, 0.05) is 52.4 Å². The summed E-state index contributed by atoms with van der Waals surface area (Å²) in [5, 5.41) is 18.3. The lowest BCUT2D eigenvalue weighted by molar-refractivity contribution is -0.274. The fourth-order valence-electron chi connectivity index (χ4n) is 5.01. The normalized spacial score (nSPS) is 15.2. The molecular formula is C26H20F3N5O4. The molecule has 194 valence electrons. The van der Waals surface area contributed by atoms with E-state index in [4.69, 9.17) is 4.52 Å². The number of fused-ring (bicyclic) bond motifs is 3. The molecule has 1 aliphatic carbocycles. The Balaban J connectivity index is 1.36. The van der Waals surface area contributed by atoms with E-state index in [1.54, 1.807) is 25.4 Å². The van der Waals surface area contributed by atoms with Gasteiger partial charge in [-0.15, -0.1) is 13.2 Å². The summed E-state index contributed by atoms with van der Waals surface area (Å²) < 4.78 is 50.2. The maximum absolute atomic E-state index is 13.0. The third-order valence-corrected chi connectivity index (χ3v) is 6.62. The minimum Gasteiger partial charge on any atom is -0.481 e. The molecular weight excluding hydrogens is 503 g/mol. The van der Waals surface area contributed by atoms with Crippen molar-refractivity contribution in [2.75, 3.05) is 0 Å². The topological polar surface area (TPSA) is 119 Å². The molecule has 2 aromatic carbocycles. The lowest BCUT2D eigenvalue weighted by Gasteiger charge is -2.11. The van der Waals surface area contributed by atoms with Gasteiger partial charge < -0.3 is 19.4 Å². The van der Waals surface area contributed by atoms with E-state index < -0.39 is 18.1 Å². The quantitative estimate of drug-likeness (QED) is 0.294. The summed E-state index contributed by atoms with van der Waals surface area (Å²) in [4.78, 5) is 19.0. The smallest absolute Gasteiger partial charge is 0.481 e. The number of nitrogens with one attached hydrogen (secondary N) is 1. The molecule has 3 heterocycles. The highest BCUT2D eigenvalue weighted by Crippen LogP contribution is 2.40. The van der Waals surface area contributed by atoms with Crippen molar-refractivity contribution in [3.05, 3.63) is 60.0 Å². The highest BCUT2D eigenvalue weighted by atomic mass is 19.4. The summed E-state index contributed by atoms with van der Waals surface area (Å²) in [5.41, 5.74) is 4.85. The van der Waals surface area contributed by atoms with Crippen LogP contribution in [0.1, 0.15) is 30.0 Å². The van der Waals surface area contributed by atoms with Gasteiger partial charge in [-0.3, -0.25) is 9.48 Å². The molecule has 0 saturated heterocycles. The van der Waals surface area contributed by atoms with Crippen molar-refractivity contribution in [2.45, 2.75) is 31.5 Å². The van der Waals surface area contributed by atoms with E-state index in [2.05, 4.69) is 25.0 Å². The molecule has 5 aromatic rings. The average molecular weight is 523 g/mol. The average Bonchev–Trinajstić information content (AvgIpc) is 3.62. The molecule has 3 aromatic heterocycles. The van der Waals surface area contributed by atoms with Gasteiger partial charge in [-0.2, -0.15) is 10.1 Å². The van der Waals surface area contributed by atoms with Crippen molar-refractivity contribution in [1.82, 2.24) is 24.9 Å².